The van der Waals surface area contributed by atoms with Gasteiger partial charge >= 0.3 is 5.97 Å². The third-order valence-corrected chi connectivity index (χ3v) is 8.24. The molecule has 1 saturated heterocycles. The van der Waals surface area contributed by atoms with Crippen LogP contribution in [0.4, 0.5) is 0 Å². The number of unbranched alkanes of at least 4 members (excludes halogenated alkanes) is 4. The highest BCUT2D eigenvalue weighted by Gasteiger charge is 2.52. The number of rotatable bonds is 16. The summed E-state index contributed by atoms with van der Waals surface area (Å²) in [6.07, 6.45) is 5.92. The third kappa shape index (κ3) is 9.47. The van der Waals surface area contributed by atoms with Crippen LogP contribution in [0.3, 0.4) is 0 Å². The van der Waals surface area contributed by atoms with Crippen molar-refractivity contribution in [3.05, 3.63) is 45.0 Å². The maximum absolute atomic E-state index is 13.5. The van der Waals surface area contributed by atoms with E-state index in [-0.39, 0.29) is 25.1 Å². The van der Waals surface area contributed by atoms with Crippen LogP contribution < -0.4 is 10.6 Å². The second kappa shape index (κ2) is 16.7. The second-order valence-electron chi connectivity index (χ2n) is 11.0. The van der Waals surface area contributed by atoms with Gasteiger partial charge < -0.3 is 35.1 Å². The Morgan fingerprint density at radius 2 is 1.81 bits per heavy atom. The summed E-state index contributed by atoms with van der Waals surface area (Å²) in [7, 11) is 0. The highest BCUT2D eigenvalue weighted by Crippen LogP contribution is 2.43. The first-order valence-corrected chi connectivity index (χ1v) is 16.1. The van der Waals surface area contributed by atoms with Crippen LogP contribution in [-0.4, -0.2) is 77.4 Å². The highest BCUT2D eigenvalue weighted by molar-refractivity contribution is 14.1. The van der Waals surface area contributed by atoms with Crippen LogP contribution in [0.1, 0.15) is 88.9 Å². The summed E-state index contributed by atoms with van der Waals surface area (Å²) in [6.45, 7) is 5.39. The molecule has 0 saturated carbocycles. The molecular weight excluding hydrogens is 655 g/mol. The molecule has 42 heavy (non-hydrogen) atoms. The number of fused-ring (bicyclic) bond motifs is 1. The molecule has 0 unspecified atom stereocenters. The fourth-order valence-electron chi connectivity index (χ4n) is 5.35. The van der Waals surface area contributed by atoms with Gasteiger partial charge in [0.25, 0.3) is 0 Å². The maximum atomic E-state index is 13.5. The summed E-state index contributed by atoms with van der Waals surface area (Å²) in [5.74, 6) is -2.56. The van der Waals surface area contributed by atoms with Gasteiger partial charge in [0.2, 0.25) is 11.8 Å². The molecule has 2 aliphatic rings. The van der Waals surface area contributed by atoms with Crippen LogP contribution in [-0.2, 0) is 23.8 Å². The maximum Gasteiger partial charge on any atom is 0.338 e. The Balaban J connectivity index is 1.89. The van der Waals surface area contributed by atoms with Crippen molar-refractivity contribution in [2.24, 2.45) is 0 Å². The molecule has 10 nitrogen and oxygen atoms in total. The Kier molecular flexibility index (Phi) is 13.7. The van der Waals surface area contributed by atoms with E-state index < -0.39 is 54.0 Å². The quantitative estimate of drug-likeness (QED) is 0.116. The number of halogens is 1. The molecule has 0 aromatic heterocycles. The lowest BCUT2D eigenvalue weighted by Gasteiger charge is -2.31. The van der Waals surface area contributed by atoms with Crippen molar-refractivity contribution in [2.45, 2.75) is 115 Å². The SMILES string of the molecule is CCCCCC1(CCCCC)O[C@@H]2[C@@H](C=C(C(=O)N[C@@H](C(=O)NCCO)[C@H](C)O)C[C@H]2OC(=O)c2cccc(I)c2)O1. The Morgan fingerprint density at radius 1 is 1.12 bits per heavy atom. The zero-order valence-electron chi connectivity index (χ0n) is 24.8. The van der Waals surface area contributed by atoms with Gasteiger partial charge in [-0.05, 0) is 66.6 Å². The van der Waals surface area contributed by atoms with E-state index in [1.165, 1.54) is 6.92 Å². The topological polar surface area (TPSA) is 143 Å². The third-order valence-electron chi connectivity index (χ3n) is 7.57. The number of hydrogen-bond acceptors (Lipinski definition) is 8. The Morgan fingerprint density at radius 3 is 2.40 bits per heavy atom. The predicted molar refractivity (Wildman–Crippen MR) is 166 cm³/mol. The number of benzene rings is 1. The fraction of sp³-hybridized carbons (Fsp3) is 0.645. The van der Waals surface area contributed by atoms with Crippen LogP contribution >= 0.6 is 22.6 Å². The minimum atomic E-state index is -1.24. The molecule has 11 heteroatoms. The molecule has 234 valence electrons. The molecule has 4 N–H and O–H groups in total. The summed E-state index contributed by atoms with van der Waals surface area (Å²) in [4.78, 5) is 39.2. The van der Waals surface area contributed by atoms with Gasteiger partial charge in [-0.3, -0.25) is 9.59 Å². The minimum absolute atomic E-state index is 0.00978. The minimum Gasteiger partial charge on any atom is -0.456 e. The lowest BCUT2D eigenvalue weighted by Crippen LogP contribution is -2.54. The number of carbonyl (C=O) groups is 3. The van der Waals surface area contributed by atoms with E-state index in [0.717, 1.165) is 42.1 Å². The molecule has 5 atom stereocenters. The molecule has 0 bridgehead atoms. The monoisotopic (exact) mass is 700 g/mol. The van der Waals surface area contributed by atoms with E-state index in [1.807, 2.05) is 6.07 Å². The lowest BCUT2D eigenvalue weighted by molar-refractivity contribution is -0.190. The molecule has 1 fully saturated rings. The summed E-state index contributed by atoms with van der Waals surface area (Å²) >= 11 is 2.13. The molecule has 1 heterocycles. The van der Waals surface area contributed by atoms with Crippen molar-refractivity contribution in [3.63, 3.8) is 0 Å². The number of nitrogens with one attached hydrogen (secondary N) is 2. The zero-order valence-corrected chi connectivity index (χ0v) is 26.9. The second-order valence-corrected chi connectivity index (χ2v) is 12.3. The fourth-order valence-corrected chi connectivity index (χ4v) is 5.89. The van der Waals surface area contributed by atoms with Crippen LogP contribution in [0, 0.1) is 3.57 Å². The van der Waals surface area contributed by atoms with E-state index >= 15 is 0 Å². The van der Waals surface area contributed by atoms with E-state index in [4.69, 9.17) is 19.3 Å². The van der Waals surface area contributed by atoms with Crippen molar-refractivity contribution in [1.29, 1.82) is 0 Å². The molecule has 1 aromatic rings. The first-order valence-electron chi connectivity index (χ1n) is 15.0. The van der Waals surface area contributed by atoms with Crippen molar-refractivity contribution in [2.75, 3.05) is 13.2 Å². The van der Waals surface area contributed by atoms with Gasteiger partial charge in [0.05, 0.1) is 18.3 Å². The molecule has 0 radical (unpaired) electrons. The summed E-state index contributed by atoms with van der Waals surface area (Å²) in [6, 6.07) is 5.83. The predicted octanol–water partition coefficient (Wildman–Crippen LogP) is 3.76. The number of hydrogen-bond donors (Lipinski definition) is 4. The molecule has 3 rings (SSSR count). The first kappa shape index (κ1) is 34.4. The number of carbonyl (C=O) groups excluding carboxylic acids is 3. The van der Waals surface area contributed by atoms with Crippen molar-refractivity contribution >= 4 is 40.4 Å². The Labute approximate surface area is 262 Å². The van der Waals surface area contributed by atoms with Crippen LogP contribution in [0.2, 0.25) is 0 Å². The van der Waals surface area contributed by atoms with E-state index in [0.29, 0.717) is 18.4 Å². The van der Waals surface area contributed by atoms with Crippen LogP contribution in [0.5, 0.6) is 0 Å². The van der Waals surface area contributed by atoms with Gasteiger partial charge in [-0.1, -0.05) is 45.6 Å². The smallest absolute Gasteiger partial charge is 0.338 e. The number of amides is 2. The van der Waals surface area contributed by atoms with Gasteiger partial charge in [-0.2, -0.15) is 0 Å². The molecule has 1 aromatic carbocycles. The number of aliphatic hydroxyl groups excluding tert-OH is 2. The van der Waals surface area contributed by atoms with Crippen molar-refractivity contribution in [3.8, 4) is 0 Å². The average Bonchev–Trinajstić information content (AvgIpc) is 3.33. The normalized spacial score (nSPS) is 22.4. The largest absolute Gasteiger partial charge is 0.456 e. The Hall–Kier alpha value is -2.06. The number of esters is 1. The number of aliphatic hydroxyl groups is 2. The molecule has 2 amide bonds. The van der Waals surface area contributed by atoms with E-state index in [2.05, 4.69) is 47.1 Å². The molecule has 1 aliphatic carbocycles. The Bertz CT molecular complexity index is 1080. The average molecular weight is 701 g/mol. The number of ether oxygens (including phenoxy) is 3. The molecule has 1 aliphatic heterocycles. The summed E-state index contributed by atoms with van der Waals surface area (Å²) < 4.78 is 20.1. The van der Waals surface area contributed by atoms with Crippen molar-refractivity contribution in [1.82, 2.24) is 10.6 Å². The lowest BCUT2D eigenvalue weighted by atomic mass is 9.91. The summed E-state index contributed by atoms with van der Waals surface area (Å²) in [5, 5.41) is 24.3. The first-order chi connectivity index (χ1) is 20.1. The van der Waals surface area contributed by atoms with E-state index in [1.54, 1.807) is 24.3 Å². The van der Waals surface area contributed by atoms with Crippen LogP contribution in [0.15, 0.2) is 35.9 Å². The van der Waals surface area contributed by atoms with Gasteiger partial charge in [0.15, 0.2) is 5.79 Å². The van der Waals surface area contributed by atoms with Gasteiger partial charge in [-0.25, -0.2) is 4.79 Å². The van der Waals surface area contributed by atoms with Gasteiger partial charge in [0.1, 0.15) is 24.4 Å². The zero-order chi connectivity index (χ0) is 30.7. The van der Waals surface area contributed by atoms with E-state index in [9.17, 15) is 19.5 Å². The van der Waals surface area contributed by atoms with Crippen LogP contribution in [0.25, 0.3) is 0 Å². The van der Waals surface area contributed by atoms with Gasteiger partial charge in [0, 0.05) is 35.0 Å². The standard InChI is InChI=1S/C31H45IN2O8/c1-4-6-8-13-31(14-9-7-5-2)41-25-19-22(28(37)34-26(20(3)36)29(38)33-15-16-35)18-24(27(25)42-31)40-30(39)21-11-10-12-23(32)17-21/h10-12,17,19-20,24-27,35-36H,4-9,13-16,18H2,1-3H3,(H,33,38)(H,34,37)/t20-,24+,25+,26+,27-/m0/s1. The van der Waals surface area contributed by atoms with Crippen molar-refractivity contribution < 1.29 is 38.8 Å². The van der Waals surface area contributed by atoms with Gasteiger partial charge in [-0.15, -0.1) is 0 Å². The molecule has 0 spiro atoms. The summed E-state index contributed by atoms with van der Waals surface area (Å²) in [5.41, 5.74) is 0.670. The molecular formula is C31H45IN2O8. The highest BCUT2D eigenvalue weighted by atomic mass is 127.